The third-order valence-electron chi connectivity index (χ3n) is 18.4. The number of carbonyl (C=O) groups excluding carboxylic acids is 9. The van der Waals surface area contributed by atoms with Gasteiger partial charge >= 0.3 is 30.2 Å². The Labute approximate surface area is 602 Å². The zero-order valence-corrected chi connectivity index (χ0v) is 60.8. The van der Waals surface area contributed by atoms with E-state index in [0.717, 1.165) is 34.4 Å². The van der Waals surface area contributed by atoms with Gasteiger partial charge in [0, 0.05) is 59.7 Å². The molecule has 4 aromatic carbocycles. The lowest BCUT2D eigenvalue weighted by Gasteiger charge is -2.31. The fourth-order valence-corrected chi connectivity index (χ4v) is 13.0. The van der Waals surface area contributed by atoms with Gasteiger partial charge in [-0.25, -0.2) is 32.9 Å². The number of benzene rings is 4. The molecular weight excluding hydrogens is 1340 g/mol. The van der Waals surface area contributed by atoms with E-state index in [1.54, 1.807) is 100 Å². The smallest absolute Gasteiger partial charge is 0.410 e. The number of amides is 7. The normalized spacial score (nSPS) is 15.5. The van der Waals surface area contributed by atoms with Gasteiger partial charge in [-0.2, -0.15) is 0 Å². The summed E-state index contributed by atoms with van der Waals surface area (Å²) < 4.78 is 59.0. The van der Waals surface area contributed by atoms with Gasteiger partial charge in [0.1, 0.15) is 55.2 Å². The molecule has 27 heteroatoms. The van der Waals surface area contributed by atoms with Crippen LogP contribution in [0, 0.1) is 17.6 Å². The van der Waals surface area contributed by atoms with Crippen LogP contribution in [-0.4, -0.2) is 135 Å². The number of hydrogen-bond donors (Lipinski definition) is 7. The third-order valence-corrected chi connectivity index (χ3v) is 18.4. The van der Waals surface area contributed by atoms with Crippen LogP contribution in [0.15, 0.2) is 95.8 Å². The number of aliphatic hydroxyl groups is 1. The number of anilines is 1. The maximum Gasteiger partial charge on any atom is 0.410 e. The molecule has 0 radical (unpaired) electrons. The first-order chi connectivity index (χ1) is 49.1. The van der Waals surface area contributed by atoms with Crippen LogP contribution in [0.2, 0.25) is 0 Å². The standard InChI is InChI=1S/C77H93F2N9O16/c1-13-77(99)56-36-62-65-53(38-88(62)70(94)55(56)41-100-71(77)95)51(52-35-57(78)58(79)37-61(52)83-65)32-34-87(43(4)5)74(98)102-39-45-28-30-46(31-29-45)82-67(91)59(25-18-19-33-80-72(96)104-76(10,11)12)84-66(90)44(6)81-69(93)64(42(2)3)86-68(92)60(26-20-27-63(89)103-75(7,8)9)85-73(97)101-40-54-49-23-16-14-21-47(49)48-22-15-17-24-50(48)54/h14-17,21-24,28-31,35-37,42-44,54,59-60,64,99H,13,18-20,25-27,32-34,38-41H2,1-12H3,(H,80,96)(H,81,93)(H,82,91)(H,84,90)(H,85,97)(H,86,92)/t44-,59-,60-,64-,77-/m0/s1. The van der Waals surface area contributed by atoms with Gasteiger partial charge in [0.2, 0.25) is 23.6 Å². The van der Waals surface area contributed by atoms with Crippen molar-refractivity contribution >= 4 is 70.4 Å². The van der Waals surface area contributed by atoms with E-state index in [4.69, 9.17) is 23.7 Å². The molecule has 0 spiro atoms. The molecule has 0 fully saturated rings. The van der Waals surface area contributed by atoms with E-state index in [-0.39, 0.29) is 117 Å². The summed E-state index contributed by atoms with van der Waals surface area (Å²) in [6, 6.07) is 20.0. The third kappa shape index (κ3) is 18.7. The molecule has 6 aromatic rings. The van der Waals surface area contributed by atoms with Crippen molar-refractivity contribution < 1.29 is 80.7 Å². The Kier molecular flexibility index (Phi) is 24.7. The van der Waals surface area contributed by atoms with Crippen molar-refractivity contribution in [3.05, 3.63) is 152 Å². The highest BCUT2D eigenvalue weighted by Crippen LogP contribution is 2.45. The van der Waals surface area contributed by atoms with Crippen molar-refractivity contribution in [3.63, 3.8) is 0 Å². The second-order valence-corrected chi connectivity index (χ2v) is 29.0. The molecule has 9 rings (SSSR count). The second-order valence-electron chi connectivity index (χ2n) is 29.0. The monoisotopic (exact) mass is 1440 g/mol. The maximum absolute atomic E-state index is 15.1. The lowest BCUT2D eigenvalue weighted by Crippen LogP contribution is -2.58. The van der Waals surface area contributed by atoms with Crippen LogP contribution >= 0.6 is 0 Å². The zero-order chi connectivity index (χ0) is 75.7. The summed E-state index contributed by atoms with van der Waals surface area (Å²) in [5.41, 5.74) is 2.44. The highest BCUT2D eigenvalue weighted by molar-refractivity contribution is 5.99. The molecular formula is C77H93F2N9O16. The Bertz CT molecular complexity index is 4270. The average Bonchev–Trinajstić information content (AvgIpc) is 1.42. The van der Waals surface area contributed by atoms with Gasteiger partial charge in [0.05, 0.1) is 29.0 Å². The predicted octanol–water partition coefficient (Wildman–Crippen LogP) is 10.1. The molecule has 0 saturated heterocycles. The van der Waals surface area contributed by atoms with Crippen molar-refractivity contribution in [1.82, 2.24) is 41.0 Å². The Morgan fingerprint density at radius 3 is 1.99 bits per heavy atom. The topological polar surface area (TPSA) is 330 Å². The number of fused-ring (bicyclic) bond motifs is 8. The predicted molar refractivity (Wildman–Crippen MR) is 381 cm³/mol. The molecule has 556 valence electrons. The summed E-state index contributed by atoms with van der Waals surface area (Å²) >= 11 is 0. The fraction of sp³-hybridized carbons (Fsp3) is 0.468. The number of hydrogen-bond acceptors (Lipinski definition) is 17. The number of halogens is 2. The molecule has 0 saturated carbocycles. The second kappa shape index (κ2) is 33.0. The summed E-state index contributed by atoms with van der Waals surface area (Å²) in [7, 11) is 0. The van der Waals surface area contributed by atoms with Crippen molar-refractivity contribution in [3.8, 4) is 22.5 Å². The number of rotatable bonds is 28. The number of pyridine rings is 2. The number of alkyl carbamates (subject to hydrolysis) is 2. The van der Waals surface area contributed by atoms with E-state index in [9.17, 15) is 57.4 Å². The highest BCUT2D eigenvalue weighted by Gasteiger charge is 2.46. The Morgan fingerprint density at radius 1 is 0.721 bits per heavy atom. The number of unbranched alkanes of at least 4 members (excludes halogenated alkanes) is 1. The van der Waals surface area contributed by atoms with E-state index in [0.29, 0.717) is 35.2 Å². The molecule has 7 amide bonds. The van der Waals surface area contributed by atoms with Crippen LogP contribution in [0.4, 0.5) is 28.9 Å². The fourth-order valence-electron chi connectivity index (χ4n) is 13.0. The zero-order valence-electron chi connectivity index (χ0n) is 60.8. The van der Waals surface area contributed by atoms with Crippen molar-refractivity contribution in [2.24, 2.45) is 5.92 Å². The van der Waals surface area contributed by atoms with E-state index < -0.39 is 124 Å². The lowest BCUT2D eigenvalue weighted by atomic mass is 9.86. The van der Waals surface area contributed by atoms with E-state index in [2.05, 4.69) is 36.9 Å². The van der Waals surface area contributed by atoms with Gasteiger partial charge < -0.3 is 70.2 Å². The molecule has 0 bridgehead atoms. The van der Waals surface area contributed by atoms with Crippen molar-refractivity contribution in [2.45, 2.75) is 207 Å². The van der Waals surface area contributed by atoms with Gasteiger partial charge in [-0.3, -0.25) is 28.8 Å². The van der Waals surface area contributed by atoms with Gasteiger partial charge in [-0.15, -0.1) is 0 Å². The average molecular weight is 1440 g/mol. The largest absolute Gasteiger partial charge is 0.460 e. The molecule has 5 atom stereocenters. The Morgan fingerprint density at radius 2 is 1.36 bits per heavy atom. The van der Waals surface area contributed by atoms with Crippen LogP contribution in [0.5, 0.6) is 0 Å². The summed E-state index contributed by atoms with van der Waals surface area (Å²) in [4.78, 5) is 143. The maximum atomic E-state index is 15.1. The number of nitrogens with zero attached hydrogens (tertiary/aromatic N) is 3. The summed E-state index contributed by atoms with van der Waals surface area (Å²) in [5, 5.41) is 28.0. The lowest BCUT2D eigenvalue weighted by molar-refractivity contribution is -0.172. The Hall–Kier alpha value is -10.3. The summed E-state index contributed by atoms with van der Waals surface area (Å²) in [6.45, 7) is 19.8. The molecule has 3 aliphatic rings. The first-order valence-electron chi connectivity index (χ1n) is 35.2. The van der Waals surface area contributed by atoms with Gasteiger partial charge in [0.15, 0.2) is 17.2 Å². The molecule has 7 N–H and O–H groups in total. The first kappa shape index (κ1) is 77.8. The number of aromatic nitrogens is 2. The minimum absolute atomic E-state index is 0.0137. The van der Waals surface area contributed by atoms with Crippen LogP contribution in [0.1, 0.15) is 173 Å². The number of cyclic esters (lactones) is 1. The minimum Gasteiger partial charge on any atom is -0.460 e. The molecule has 2 aromatic heterocycles. The highest BCUT2D eigenvalue weighted by atomic mass is 19.2. The van der Waals surface area contributed by atoms with E-state index >= 15 is 4.39 Å². The van der Waals surface area contributed by atoms with E-state index in [1.165, 1.54) is 22.5 Å². The molecule has 1 aliphatic carbocycles. The van der Waals surface area contributed by atoms with Crippen LogP contribution in [-0.2, 0) is 84.2 Å². The Balaban J connectivity index is 0.833. The molecule has 25 nitrogen and oxygen atoms in total. The number of esters is 2. The van der Waals surface area contributed by atoms with Crippen LogP contribution in [0.3, 0.4) is 0 Å². The van der Waals surface area contributed by atoms with Crippen LogP contribution in [0.25, 0.3) is 33.4 Å². The van der Waals surface area contributed by atoms with Gasteiger partial charge in [-0.1, -0.05) is 81.4 Å². The van der Waals surface area contributed by atoms with Gasteiger partial charge in [0.25, 0.3) is 5.56 Å². The number of carbonyl (C=O) groups is 9. The number of ether oxygens (including phenoxy) is 5. The summed E-state index contributed by atoms with van der Waals surface area (Å²) in [5.74, 6) is -7.45. The van der Waals surface area contributed by atoms with Crippen LogP contribution < -0.4 is 37.5 Å². The first-order valence-corrected chi connectivity index (χ1v) is 35.2. The molecule has 104 heavy (non-hydrogen) atoms. The SMILES string of the molecule is CC[C@@]1(O)C(=O)OCc2c1cc1n(c2=O)Cc2c-1nc1cc(F)c(F)cc1c2CCN(C(=O)OCc1ccc(NC(=O)[C@H](CCCCNC(=O)OC(C)(C)C)NC(=O)[C@H](C)NC(=O)[C@@H](NC(=O)[C@H](CCCC(=O)OC(C)(C)C)NC(=O)OCC2c3ccccc3-c3ccccc32)C(C)C)cc1)C(C)C. The minimum atomic E-state index is -2.10. The van der Waals surface area contributed by atoms with Crippen molar-refractivity contribution in [2.75, 3.05) is 25.0 Å². The van der Waals surface area contributed by atoms with E-state index in [1.807, 2.05) is 48.5 Å². The molecule has 0 unspecified atom stereocenters. The number of nitrogens with one attached hydrogen (secondary N) is 6. The quantitative estimate of drug-likeness (QED) is 0.0136. The van der Waals surface area contributed by atoms with Gasteiger partial charge in [-0.05, 0) is 171 Å². The van der Waals surface area contributed by atoms with Crippen molar-refractivity contribution in [1.29, 1.82) is 0 Å². The molecule has 2 aliphatic heterocycles. The molecule has 4 heterocycles. The summed E-state index contributed by atoms with van der Waals surface area (Å²) in [6.07, 6.45) is -1.51.